The Hall–Kier alpha value is -6.83. The zero-order chi connectivity index (χ0) is 56.5. The lowest BCUT2D eigenvalue weighted by Crippen LogP contribution is -2.71. The summed E-state index contributed by atoms with van der Waals surface area (Å²) in [7, 11) is 1.06. The van der Waals surface area contributed by atoms with Gasteiger partial charge in [0.1, 0.15) is 42.0 Å². The number of carbonyl (C=O) groups excluding carboxylic acids is 3. The molecule has 416 valence electrons. The summed E-state index contributed by atoms with van der Waals surface area (Å²) in [5.74, 6) is -41.9. The Bertz CT molecular complexity index is 3050. The fourth-order valence-electron chi connectivity index (χ4n) is 7.96. The van der Waals surface area contributed by atoms with E-state index in [-0.39, 0.29) is 41.2 Å². The van der Waals surface area contributed by atoms with Crippen LogP contribution in [0.25, 0.3) is 27.9 Å². The molecule has 0 radical (unpaired) electrons. The van der Waals surface area contributed by atoms with Gasteiger partial charge in [0.25, 0.3) is 5.56 Å². The number of nitrogens with zero attached hydrogens (tertiary/aromatic N) is 1. The summed E-state index contributed by atoms with van der Waals surface area (Å²) in [5, 5.41) is 34.8. The van der Waals surface area contributed by atoms with Crippen molar-refractivity contribution in [1.82, 2.24) is 20.2 Å². The standard InChI is InChI=1S/C45H41F13N4O14/c1-72-38(70)27-14-20(2-5-24(27)34-25-6-3-22(64)15-28(25)75-29-16-23(65)4-7-26(29)34)60-31(66)8-9-33(68)74-18-21(11-13-73-36-35(69)30(17-63)76-37(36)62-12-10-32(67)61-39(62)71)59-19-40(46,47)41(48,49)42(50,51)43(52,53)44(54,55)45(56,57)58/h3-4,6-7,10,12,14-16,21,30,35-37,59,63-64,69H,2,5,8-9,11,13,17-19H2,1H3,(H,60,66)(H,61,67,71). The zero-order valence-corrected chi connectivity index (χ0v) is 38.6. The number of phenolic OH excluding ortho intramolecular Hbond substituents is 1. The Labute approximate surface area is 416 Å². The second-order valence-electron chi connectivity index (χ2n) is 17.1. The highest BCUT2D eigenvalue weighted by molar-refractivity contribution is 6.08. The molecule has 1 aromatic carbocycles. The molecule has 2 aliphatic carbocycles. The summed E-state index contributed by atoms with van der Waals surface area (Å²) in [5.41, 5.74) is -1.18. The summed E-state index contributed by atoms with van der Waals surface area (Å²) < 4.78 is 208. The number of carbonyl (C=O) groups is 3. The fourth-order valence-corrected chi connectivity index (χ4v) is 7.96. The lowest BCUT2D eigenvalue weighted by Gasteiger charge is -2.40. The first kappa shape index (κ1) is 58.4. The number of aromatic hydroxyl groups is 1. The number of aromatic amines is 1. The summed E-state index contributed by atoms with van der Waals surface area (Å²) in [6, 6.07) is 6.75. The average molecular weight is 1110 g/mol. The number of alkyl halides is 13. The third-order valence-electron chi connectivity index (χ3n) is 12.0. The molecule has 1 aromatic heterocycles. The monoisotopic (exact) mass is 1110 g/mol. The van der Waals surface area contributed by atoms with Gasteiger partial charge in [0.2, 0.25) is 5.91 Å². The van der Waals surface area contributed by atoms with E-state index in [0.29, 0.717) is 26.7 Å². The first-order valence-electron chi connectivity index (χ1n) is 22.0. The van der Waals surface area contributed by atoms with Crippen LogP contribution in [0, 0.1) is 0 Å². The molecule has 4 aliphatic rings. The van der Waals surface area contributed by atoms with Crippen LogP contribution in [-0.4, -0.2) is 136 Å². The van der Waals surface area contributed by atoms with Crippen molar-refractivity contribution in [1.29, 1.82) is 0 Å². The van der Waals surface area contributed by atoms with E-state index in [0.717, 1.165) is 19.4 Å². The molecule has 3 heterocycles. The normalized spacial score (nSPS) is 19.4. The third kappa shape index (κ3) is 11.5. The van der Waals surface area contributed by atoms with Crippen LogP contribution in [0.3, 0.4) is 0 Å². The molecule has 2 aliphatic heterocycles. The van der Waals surface area contributed by atoms with Gasteiger partial charge in [0.05, 0.1) is 32.3 Å². The molecule has 6 rings (SSSR count). The number of allylic oxidation sites excluding steroid dienone is 2. The molecule has 1 amide bonds. The fraction of sp³-hybridized carbons (Fsp3) is 0.467. The maximum absolute atomic E-state index is 14.9. The molecule has 76 heavy (non-hydrogen) atoms. The molecule has 5 unspecified atom stereocenters. The van der Waals surface area contributed by atoms with Crippen molar-refractivity contribution in [3.05, 3.63) is 103 Å². The lowest BCUT2D eigenvalue weighted by atomic mass is 9.85. The second-order valence-corrected chi connectivity index (χ2v) is 17.1. The van der Waals surface area contributed by atoms with E-state index in [2.05, 4.69) is 5.32 Å². The van der Waals surface area contributed by atoms with E-state index >= 15 is 0 Å². The molecule has 0 bridgehead atoms. The number of aliphatic hydroxyl groups is 2. The number of aliphatic hydroxyl groups excluding tert-OH is 2. The van der Waals surface area contributed by atoms with Crippen molar-refractivity contribution in [2.75, 3.05) is 33.5 Å². The van der Waals surface area contributed by atoms with Crippen LogP contribution < -0.4 is 27.3 Å². The number of hydrogen-bond acceptors (Lipinski definition) is 15. The molecule has 0 saturated carbocycles. The molecular formula is C45H41F13N4O14. The van der Waals surface area contributed by atoms with Crippen molar-refractivity contribution in [3.63, 3.8) is 0 Å². The number of methoxy groups -OCH3 is 1. The SMILES string of the molecule is COC(=O)C1=C(c2c3ccc(=O)cc-3oc3cc(O)ccc23)CCC(NC(=O)CCC(=O)OCC(CCOC2C(O)C(CO)OC2n2ccc(=O)[nH]c2=O)NCC(F)(F)C(F)(F)C(F)(F)C(F)(F)C(F)(F)C(F)(F)F)=C1. The number of H-pyrrole nitrogens is 1. The van der Waals surface area contributed by atoms with Gasteiger partial charge in [-0.1, -0.05) is 0 Å². The second kappa shape index (κ2) is 22.0. The van der Waals surface area contributed by atoms with E-state index in [9.17, 15) is 101 Å². The summed E-state index contributed by atoms with van der Waals surface area (Å²) in [6.07, 6.45) is -14.8. The maximum atomic E-state index is 14.9. The van der Waals surface area contributed by atoms with Gasteiger partial charge in [-0.05, 0) is 55.2 Å². The molecule has 0 spiro atoms. The van der Waals surface area contributed by atoms with Crippen molar-refractivity contribution >= 4 is 34.4 Å². The van der Waals surface area contributed by atoms with Gasteiger partial charge in [-0.3, -0.25) is 28.7 Å². The minimum Gasteiger partial charge on any atom is -0.508 e. The van der Waals surface area contributed by atoms with Gasteiger partial charge in [-0.15, -0.1) is 0 Å². The van der Waals surface area contributed by atoms with Gasteiger partial charge in [-0.2, -0.15) is 57.1 Å². The number of amides is 1. The lowest BCUT2D eigenvalue weighted by molar-refractivity contribution is -0.439. The van der Waals surface area contributed by atoms with Crippen molar-refractivity contribution < 1.29 is 110 Å². The minimum atomic E-state index is -8.18. The number of rotatable bonds is 21. The van der Waals surface area contributed by atoms with Crippen LogP contribution in [0.4, 0.5) is 57.1 Å². The van der Waals surface area contributed by atoms with Crippen LogP contribution in [0.5, 0.6) is 5.75 Å². The minimum absolute atomic E-state index is 0.0131. The number of aromatic nitrogens is 2. The van der Waals surface area contributed by atoms with E-state index in [4.69, 9.17) is 23.4 Å². The number of ether oxygens (including phenoxy) is 4. The molecule has 18 nitrogen and oxygen atoms in total. The maximum Gasteiger partial charge on any atom is 0.460 e. The Morgan fingerprint density at radius 2 is 1.57 bits per heavy atom. The Morgan fingerprint density at radius 3 is 2.21 bits per heavy atom. The first-order chi connectivity index (χ1) is 35.3. The van der Waals surface area contributed by atoms with Crippen LogP contribution in [0.15, 0.2) is 84.8 Å². The quantitative estimate of drug-likeness (QED) is 0.0368. The predicted octanol–water partition coefficient (Wildman–Crippen LogP) is 4.92. The molecule has 1 saturated heterocycles. The average Bonchev–Trinajstić information content (AvgIpc) is 3.67. The first-order valence-corrected chi connectivity index (χ1v) is 22.0. The summed E-state index contributed by atoms with van der Waals surface area (Å²) in [4.78, 5) is 77.3. The predicted molar refractivity (Wildman–Crippen MR) is 231 cm³/mol. The number of fused-ring (bicyclic) bond motifs is 2. The summed E-state index contributed by atoms with van der Waals surface area (Å²) in [6.45, 7) is -6.08. The van der Waals surface area contributed by atoms with Crippen molar-refractivity contribution in [3.8, 4) is 17.1 Å². The van der Waals surface area contributed by atoms with Gasteiger partial charge in [-0.25, -0.2) is 9.59 Å². The Morgan fingerprint density at radius 1 is 0.882 bits per heavy atom. The van der Waals surface area contributed by atoms with Crippen LogP contribution >= 0.6 is 0 Å². The highest BCUT2D eigenvalue weighted by Crippen LogP contribution is 2.60. The Balaban J connectivity index is 1.18. The van der Waals surface area contributed by atoms with E-state index in [1.165, 1.54) is 47.8 Å². The highest BCUT2D eigenvalue weighted by Gasteiger charge is 2.90. The number of hydrogen-bond donors (Lipinski definition) is 6. The smallest absolute Gasteiger partial charge is 0.460 e. The molecule has 6 N–H and O–H groups in total. The van der Waals surface area contributed by atoms with E-state index in [1.807, 2.05) is 4.98 Å². The van der Waals surface area contributed by atoms with Crippen molar-refractivity contribution in [2.24, 2.45) is 0 Å². The Kier molecular flexibility index (Phi) is 16.9. The topological polar surface area (TPSA) is 258 Å². The molecule has 31 heteroatoms. The molecule has 5 atom stereocenters. The number of esters is 2. The molecular weight excluding hydrogens is 1070 g/mol. The van der Waals surface area contributed by atoms with Crippen LogP contribution in [0.2, 0.25) is 0 Å². The highest BCUT2D eigenvalue weighted by atomic mass is 19.4. The van der Waals surface area contributed by atoms with Gasteiger partial charge in [0.15, 0.2) is 11.7 Å². The number of phenols is 1. The number of nitrogens with one attached hydrogen (secondary N) is 3. The largest absolute Gasteiger partial charge is 0.508 e. The third-order valence-corrected chi connectivity index (χ3v) is 12.0. The van der Waals surface area contributed by atoms with Crippen LogP contribution in [-0.2, 0) is 33.3 Å². The van der Waals surface area contributed by atoms with Crippen molar-refractivity contribution in [2.45, 2.75) is 98.5 Å². The van der Waals surface area contributed by atoms with Crippen LogP contribution in [0.1, 0.15) is 43.9 Å². The van der Waals surface area contributed by atoms with E-state index in [1.54, 1.807) is 0 Å². The summed E-state index contributed by atoms with van der Waals surface area (Å²) >= 11 is 0. The van der Waals surface area contributed by atoms with E-state index < -0.39 is 147 Å². The molecule has 2 aromatic rings. The number of benzene rings is 2. The van der Waals surface area contributed by atoms with Gasteiger partial charge in [0, 0.05) is 65.7 Å². The zero-order valence-electron chi connectivity index (χ0n) is 38.6. The number of halogens is 13. The van der Waals surface area contributed by atoms with Gasteiger partial charge >= 0.3 is 53.4 Å². The van der Waals surface area contributed by atoms with Gasteiger partial charge < -0.3 is 49.3 Å². The molecule has 1 fully saturated rings.